The van der Waals surface area contributed by atoms with E-state index in [1.165, 1.54) is 10.4 Å². The zero-order chi connectivity index (χ0) is 14.5. The van der Waals surface area contributed by atoms with Crippen LogP contribution in [-0.4, -0.2) is 35.1 Å². The number of nitrogens with one attached hydrogen (secondary N) is 1. The fourth-order valence-electron chi connectivity index (χ4n) is 2.37. The number of aliphatic carboxylic acids is 1. The van der Waals surface area contributed by atoms with E-state index in [1.807, 2.05) is 6.92 Å². The molecule has 6 heteroatoms. The summed E-state index contributed by atoms with van der Waals surface area (Å²) in [6.45, 7) is 3.75. The maximum atomic E-state index is 12.1. The smallest absolute Gasteiger partial charge is 0.317 e. The van der Waals surface area contributed by atoms with E-state index in [0.29, 0.717) is 13.1 Å². The highest BCUT2D eigenvalue weighted by atomic mass is 32.1. The number of thiophene rings is 1. The minimum absolute atomic E-state index is 0.00190. The zero-order valence-corrected chi connectivity index (χ0v) is 12.4. The first-order valence-corrected chi connectivity index (χ1v) is 7.78. The predicted octanol–water partition coefficient (Wildman–Crippen LogP) is 2.32. The molecule has 1 aliphatic heterocycles. The molecule has 2 heterocycles. The van der Waals surface area contributed by atoms with Gasteiger partial charge in [-0.3, -0.25) is 4.79 Å². The van der Waals surface area contributed by atoms with Gasteiger partial charge in [0.05, 0.1) is 0 Å². The van der Waals surface area contributed by atoms with Gasteiger partial charge < -0.3 is 15.3 Å². The minimum Gasteiger partial charge on any atom is -0.481 e. The second-order valence-corrected chi connectivity index (χ2v) is 6.10. The van der Waals surface area contributed by atoms with Gasteiger partial charge in [-0.15, -0.1) is 11.3 Å². The Bertz CT molecular complexity index is 487. The van der Waals surface area contributed by atoms with E-state index in [-0.39, 0.29) is 18.4 Å². The second kappa shape index (κ2) is 6.74. The number of urea groups is 1. The molecule has 0 aromatic carbocycles. The topological polar surface area (TPSA) is 69.6 Å². The Labute approximate surface area is 122 Å². The van der Waals surface area contributed by atoms with Crippen molar-refractivity contribution >= 4 is 23.3 Å². The molecule has 0 saturated heterocycles. The van der Waals surface area contributed by atoms with Crippen molar-refractivity contribution in [1.29, 1.82) is 0 Å². The van der Waals surface area contributed by atoms with Gasteiger partial charge in [-0.05, 0) is 29.3 Å². The number of carboxylic acids is 1. The molecule has 2 amide bonds. The van der Waals surface area contributed by atoms with Crippen LogP contribution >= 0.6 is 11.3 Å². The monoisotopic (exact) mass is 296 g/mol. The van der Waals surface area contributed by atoms with Crippen LogP contribution in [0.4, 0.5) is 4.79 Å². The van der Waals surface area contributed by atoms with E-state index in [0.717, 1.165) is 19.4 Å². The summed E-state index contributed by atoms with van der Waals surface area (Å²) >= 11 is 1.74. The molecule has 1 atom stereocenters. The standard InChI is InChI=1S/C14H20N2O3S/c1-2-10(7-13(17)18)8-15-14(19)16-5-3-12-11(9-16)4-6-20-12/h4,6,10H,2-3,5,7-9H2,1H3,(H,15,19)(H,17,18). The molecule has 110 valence electrons. The van der Waals surface area contributed by atoms with Crippen molar-refractivity contribution in [3.63, 3.8) is 0 Å². The maximum Gasteiger partial charge on any atom is 0.317 e. The average molecular weight is 296 g/mol. The van der Waals surface area contributed by atoms with Gasteiger partial charge in [0.15, 0.2) is 0 Å². The van der Waals surface area contributed by atoms with Crippen LogP contribution in [0.25, 0.3) is 0 Å². The Morgan fingerprint density at radius 1 is 1.55 bits per heavy atom. The first kappa shape index (κ1) is 14.8. The van der Waals surface area contributed by atoms with Gasteiger partial charge in [-0.1, -0.05) is 13.3 Å². The summed E-state index contributed by atoms with van der Waals surface area (Å²) < 4.78 is 0. The number of carbonyl (C=O) groups is 2. The minimum atomic E-state index is -0.813. The van der Waals surface area contributed by atoms with Crippen LogP contribution in [0.1, 0.15) is 30.2 Å². The molecule has 20 heavy (non-hydrogen) atoms. The number of nitrogens with zero attached hydrogens (tertiary/aromatic N) is 1. The molecule has 0 bridgehead atoms. The molecule has 1 aromatic rings. The van der Waals surface area contributed by atoms with Gasteiger partial charge in [0.1, 0.15) is 0 Å². The van der Waals surface area contributed by atoms with Crippen LogP contribution in [0.2, 0.25) is 0 Å². The summed E-state index contributed by atoms with van der Waals surface area (Å²) in [5.74, 6) is -0.815. The molecular weight excluding hydrogens is 276 g/mol. The fraction of sp³-hybridized carbons (Fsp3) is 0.571. The highest BCUT2D eigenvalue weighted by Crippen LogP contribution is 2.23. The Morgan fingerprint density at radius 2 is 2.35 bits per heavy atom. The molecule has 5 nitrogen and oxygen atoms in total. The molecule has 1 unspecified atom stereocenters. The Morgan fingerprint density at radius 3 is 3.05 bits per heavy atom. The van der Waals surface area contributed by atoms with Crippen molar-refractivity contribution in [3.8, 4) is 0 Å². The first-order chi connectivity index (χ1) is 9.60. The molecule has 1 aromatic heterocycles. The zero-order valence-electron chi connectivity index (χ0n) is 11.6. The fourth-order valence-corrected chi connectivity index (χ4v) is 3.26. The molecule has 2 N–H and O–H groups in total. The van der Waals surface area contributed by atoms with E-state index < -0.39 is 5.97 Å². The van der Waals surface area contributed by atoms with E-state index in [2.05, 4.69) is 16.8 Å². The van der Waals surface area contributed by atoms with Crippen LogP contribution in [0.3, 0.4) is 0 Å². The Hall–Kier alpha value is -1.56. The lowest BCUT2D eigenvalue weighted by Gasteiger charge is -2.27. The van der Waals surface area contributed by atoms with Crippen molar-refractivity contribution in [1.82, 2.24) is 10.2 Å². The Balaban J connectivity index is 1.82. The molecule has 0 spiro atoms. The summed E-state index contributed by atoms with van der Waals surface area (Å²) in [6, 6.07) is 1.98. The third kappa shape index (κ3) is 3.72. The van der Waals surface area contributed by atoms with Crippen LogP contribution in [0, 0.1) is 5.92 Å². The number of carbonyl (C=O) groups excluding carboxylic acids is 1. The van der Waals surface area contributed by atoms with Crippen LogP contribution in [0.15, 0.2) is 11.4 Å². The van der Waals surface area contributed by atoms with E-state index >= 15 is 0 Å². The molecule has 0 radical (unpaired) electrons. The number of carboxylic acid groups (broad SMARTS) is 1. The number of fused-ring (bicyclic) bond motifs is 1. The summed E-state index contributed by atoms with van der Waals surface area (Å²) in [4.78, 5) is 26.0. The van der Waals surface area contributed by atoms with E-state index in [4.69, 9.17) is 5.11 Å². The normalized spacial score (nSPS) is 15.6. The molecule has 0 saturated carbocycles. The lowest BCUT2D eigenvalue weighted by molar-refractivity contribution is -0.138. The van der Waals surface area contributed by atoms with Crippen LogP contribution in [0.5, 0.6) is 0 Å². The van der Waals surface area contributed by atoms with Gasteiger partial charge in [0, 0.05) is 30.9 Å². The van der Waals surface area contributed by atoms with Crippen molar-refractivity contribution in [2.45, 2.75) is 32.7 Å². The van der Waals surface area contributed by atoms with Gasteiger partial charge in [-0.2, -0.15) is 0 Å². The summed E-state index contributed by atoms with van der Waals surface area (Å²) in [7, 11) is 0. The van der Waals surface area contributed by atoms with Gasteiger partial charge >= 0.3 is 12.0 Å². The lowest BCUT2D eigenvalue weighted by atomic mass is 10.0. The number of amides is 2. The van der Waals surface area contributed by atoms with Crippen molar-refractivity contribution in [2.24, 2.45) is 5.92 Å². The first-order valence-electron chi connectivity index (χ1n) is 6.90. The third-order valence-corrected chi connectivity index (χ3v) is 4.70. The van der Waals surface area contributed by atoms with E-state index in [1.54, 1.807) is 16.2 Å². The van der Waals surface area contributed by atoms with Crippen molar-refractivity contribution in [2.75, 3.05) is 13.1 Å². The van der Waals surface area contributed by atoms with Gasteiger partial charge in [-0.25, -0.2) is 4.79 Å². The molecule has 2 rings (SSSR count). The van der Waals surface area contributed by atoms with E-state index in [9.17, 15) is 9.59 Å². The van der Waals surface area contributed by atoms with Gasteiger partial charge in [0.2, 0.25) is 0 Å². The Kier molecular flexibility index (Phi) is 5.00. The van der Waals surface area contributed by atoms with Crippen molar-refractivity contribution < 1.29 is 14.7 Å². The highest BCUT2D eigenvalue weighted by Gasteiger charge is 2.22. The van der Waals surface area contributed by atoms with Crippen molar-refractivity contribution in [3.05, 3.63) is 21.9 Å². The summed E-state index contributed by atoms with van der Waals surface area (Å²) in [5.41, 5.74) is 1.23. The van der Waals surface area contributed by atoms with Gasteiger partial charge in [0.25, 0.3) is 0 Å². The summed E-state index contributed by atoms with van der Waals surface area (Å²) in [5, 5.41) is 13.7. The van der Waals surface area contributed by atoms with Crippen LogP contribution in [-0.2, 0) is 17.8 Å². The second-order valence-electron chi connectivity index (χ2n) is 5.10. The predicted molar refractivity (Wildman–Crippen MR) is 77.9 cm³/mol. The molecular formula is C14H20N2O3S. The molecule has 1 aliphatic rings. The SMILES string of the molecule is CCC(CNC(=O)N1CCc2sccc2C1)CC(=O)O. The average Bonchev–Trinajstić information content (AvgIpc) is 2.89. The number of hydrogen-bond donors (Lipinski definition) is 2. The summed E-state index contributed by atoms with van der Waals surface area (Å²) in [6.07, 6.45) is 1.76. The third-order valence-electron chi connectivity index (χ3n) is 3.68. The molecule has 0 fully saturated rings. The lowest BCUT2D eigenvalue weighted by Crippen LogP contribution is -2.44. The quantitative estimate of drug-likeness (QED) is 0.876. The largest absolute Gasteiger partial charge is 0.481 e. The highest BCUT2D eigenvalue weighted by molar-refractivity contribution is 7.10. The number of rotatable bonds is 5. The number of hydrogen-bond acceptors (Lipinski definition) is 3. The molecule has 0 aliphatic carbocycles. The maximum absolute atomic E-state index is 12.1. The van der Waals surface area contributed by atoms with Crippen LogP contribution < -0.4 is 5.32 Å².